The number of furan rings is 1. The van der Waals surface area contributed by atoms with Crippen LogP contribution in [0.1, 0.15) is 22.3 Å². The van der Waals surface area contributed by atoms with Gasteiger partial charge in [-0.3, -0.25) is 4.98 Å². The molecule has 0 amide bonds. The van der Waals surface area contributed by atoms with E-state index in [1.165, 1.54) is 48.9 Å². The molecule has 0 N–H and O–H groups in total. The summed E-state index contributed by atoms with van der Waals surface area (Å²) in [5, 5.41) is 5.56. The summed E-state index contributed by atoms with van der Waals surface area (Å²) in [6.45, 7) is 0. The predicted molar refractivity (Wildman–Crippen MR) is 251 cm³/mol. The fourth-order valence-corrected chi connectivity index (χ4v) is 11.2. The van der Waals surface area contributed by atoms with Crippen LogP contribution in [0, 0.1) is 0 Å². The Balaban J connectivity index is 1.00. The molecule has 12 aromatic rings. The molecule has 4 nitrogen and oxygen atoms in total. The van der Waals surface area contributed by atoms with Crippen LogP contribution in [-0.2, 0) is 5.41 Å². The molecule has 0 radical (unpaired) electrons. The van der Waals surface area contributed by atoms with Crippen molar-refractivity contribution in [1.82, 2.24) is 15.0 Å². The SMILES string of the molecule is c1ccc(C2(c3ccccc3)c3ccccc3-c3ccc(-c4nc(-c5cccc6c5sc5ccc(-c7cccc8c7oc7ccccc78)cc56)nc5ccncc45)cc32)cc1. The summed E-state index contributed by atoms with van der Waals surface area (Å²) < 4.78 is 8.83. The average Bonchev–Trinajstić information content (AvgIpc) is 4.00. The molecule has 61 heavy (non-hydrogen) atoms. The van der Waals surface area contributed by atoms with Gasteiger partial charge in [-0.15, -0.1) is 11.3 Å². The Kier molecular flexibility index (Phi) is 7.36. The number of benzene rings is 8. The molecule has 4 heterocycles. The van der Waals surface area contributed by atoms with Crippen LogP contribution < -0.4 is 0 Å². The minimum atomic E-state index is -0.522. The molecule has 284 valence electrons. The maximum absolute atomic E-state index is 6.46. The Labute approximate surface area is 355 Å². The molecular weight excluding hydrogens is 763 g/mol. The van der Waals surface area contributed by atoms with Crippen LogP contribution in [-0.4, -0.2) is 15.0 Å². The van der Waals surface area contributed by atoms with E-state index >= 15 is 0 Å². The maximum Gasteiger partial charge on any atom is 0.161 e. The lowest BCUT2D eigenvalue weighted by atomic mass is 9.67. The summed E-state index contributed by atoms with van der Waals surface area (Å²) in [4.78, 5) is 15.3. The van der Waals surface area contributed by atoms with Crippen molar-refractivity contribution in [3.63, 3.8) is 0 Å². The number of rotatable bonds is 5. The molecule has 1 aliphatic carbocycles. The van der Waals surface area contributed by atoms with Crippen LogP contribution in [0.5, 0.6) is 0 Å². The van der Waals surface area contributed by atoms with E-state index in [1.807, 2.05) is 30.6 Å². The fraction of sp³-hybridized carbons (Fsp3) is 0.0179. The summed E-state index contributed by atoms with van der Waals surface area (Å²) in [5.41, 5.74) is 14.7. The third kappa shape index (κ3) is 4.96. The Morgan fingerprint density at radius 2 is 1.15 bits per heavy atom. The lowest BCUT2D eigenvalue weighted by Crippen LogP contribution is -2.28. The van der Waals surface area contributed by atoms with Gasteiger partial charge in [0, 0.05) is 65.4 Å². The van der Waals surface area contributed by atoms with Crippen molar-refractivity contribution in [2.45, 2.75) is 5.41 Å². The molecule has 0 fully saturated rings. The molecule has 5 heteroatoms. The zero-order valence-corrected chi connectivity index (χ0v) is 33.5. The van der Waals surface area contributed by atoms with Crippen molar-refractivity contribution in [2.75, 3.05) is 0 Å². The van der Waals surface area contributed by atoms with Gasteiger partial charge in [0.05, 0.1) is 16.6 Å². The predicted octanol–water partition coefficient (Wildman–Crippen LogP) is 14.7. The Bertz CT molecular complexity index is 3680. The zero-order valence-electron chi connectivity index (χ0n) is 32.7. The van der Waals surface area contributed by atoms with Gasteiger partial charge in [0.15, 0.2) is 5.82 Å². The normalized spacial score (nSPS) is 13.0. The second-order valence-electron chi connectivity index (χ2n) is 15.9. The second kappa shape index (κ2) is 13.1. The van der Waals surface area contributed by atoms with E-state index in [-0.39, 0.29) is 0 Å². The highest BCUT2D eigenvalue weighted by Crippen LogP contribution is 2.57. The van der Waals surface area contributed by atoms with Gasteiger partial charge in [0.1, 0.15) is 11.2 Å². The lowest BCUT2D eigenvalue weighted by molar-refractivity contribution is 0.670. The van der Waals surface area contributed by atoms with Gasteiger partial charge < -0.3 is 4.42 Å². The number of para-hydroxylation sites is 2. The quantitative estimate of drug-likeness (QED) is 0.174. The van der Waals surface area contributed by atoms with Crippen LogP contribution >= 0.6 is 11.3 Å². The van der Waals surface area contributed by atoms with Crippen molar-refractivity contribution in [1.29, 1.82) is 0 Å². The third-order valence-electron chi connectivity index (χ3n) is 12.7. The minimum absolute atomic E-state index is 0.522. The molecule has 13 rings (SSSR count). The Hall–Kier alpha value is -7.73. The molecule has 0 atom stereocenters. The van der Waals surface area contributed by atoms with Gasteiger partial charge in [0.25, 0.3) is 0 Å². The van der Waals surface area contributed by atoms with E-state index in [0.717, 1.165) is 65.5 Å². The van der Waals surface area contributed by atoms with Crippen molar-refractivity contribution >= 4 is 64.4 Å². The maximum atomic E-state index is 6.46. The molecule has 4 aromatic heterocycles. The molecule has 8 aromatic carbocycles. The summed E-state index contributed by atoms with van der Waals surface area (Å²) in [6, 6.07) is 67.6. The summed E-state index contributed by atoms with van der Waals surface area (Å²) in [6.07, 6.45) is 3.73. The van der Waals surface area contributed by atoms with E-state index in [9.17, 15) is 0 Å². The first-order valence-electron chi connectivity index (χ1n) is 20.6. The molecule has 0 spiro atoms. The second-order valence-corrected chi connectivity index (χ2v) is 16.9. The molecule has 1 aliphatic rings. The monoisotopic (exact) mass is 795 g/mol. The van der Waals surface area contributed by atoms with E-state index in [1.54, 1.807) is 11.3 Å². The molecular formula is C56H33N3OS. The van der Waals surface area contributed by atoms with Crippen LogP contribution in [0.25, 0.3) is 97.9 Å². The van der Waals surface area contributed by atoms with Gasteiger partial charge in [-0.1, -0.05) is 152 Å². The number of nitrogens with zero attached hydrogens (tertiary/aromatic N) is 3. The Morgan fingerprint density at radius 1 is 0.459 bits per heavy atom. The van der Waals surface area contributed by atoms with Gasteiger partial charge in [-0.05, 0) is 75.3 Å². The number of aromatic nitrogens is 3. The van der Waals surface area contributed by atoms with E-state index in [2.05, 4.69) is 175 Å². The number of hydrogen-bond acceptors (Lipinski definition) is 5. The lowest BCUT2D eigenvalue weighted by Gasteiger charge is -2.34. The molecule has 0 aliphatic heterocycles. The standard InChI is InChI=1S/C56H33N3OS/c1-3-13-36(14-4-1)56(37-15-5-2-6-16-37)47-23-9-7-17-39(47)40-27-25-35(32-48(40)56)52-46-33-57-30-29-49(46)58-55(59-52)44-22-12-21-43-45-31-34(26-28-51(45)61-54(43)44)38-19-11-20-42-41-18-8-10-24-50(41)60-53(38)42/h1-33H. The fourth-order valence-electron chi connectivity index (χ4n) is 10.0. The van der Waals surface area contributed by atoms with E-state index < -0.39 is 5.41 Å². The van der Waals surface area contributed by atoms with Crippen molar-refractivity contribution in [3.05, 3.63) is 223 Å². The van der Waals surface area contributed by atoms with Crippen LogP contribution in [0.4, 0.5) is 0 Å². The van der Waals surface area contributed by atoms with Crippen molar-refractivity contribution in [2.24, 2.45) is 0 Å². The average molecular weight is 796 g/mol. The highest BCUT2D eigenvalue weighted by atomic mass is 32.1. The number of pyridine rings is 1. The largest absolute Gasteiger partial charge is 0.455 e. The Morgan fingerprint density at radius 3 is 2.00 bits per heavy atom. The highest BCUT2D eigenvalue weighted by Gasteiger charge is 2.46. The molecule has 0 unspecified atom stereocenters. The summed E-state index contributed by atoms with van der Waals surface area (Å²) >= 11 is 1.79. The van der Waals surface area contributed by atoms with Crippen molar-refractivity contribution < 1.29 is 4.42 Å². The molecule has 0 saturated heterocycles. The van der Waals surface area contributed by atoms with E-state index in [4.69, 9.17) is 14.4 Å². The van der Waals surface area contributed by atoms with Crippen LogP contribution in [0.3, 0.4) is 0 Å². The van der Waals surface area contributed by atoms with Gasteiger partial charge in [-0.2, -0.15) is 0 Å². The first kappa shape index (κ1) is 34.2. The topological polar surface area (TPSA) is 51.8 Å². The first-order chi connectivity index (χ1) is 30.2. The van der Waals surface area contributed by atoms with Gasteiger partial charge in [-0.25, -0.2) is 9.97 Å². The summed E-state index contributed by atoms with van der Waals surface area (Å²) in [5.74, 6) is 0.694. The smallest absolute Gasteiger partial charge is 0.161 e. The highest BCUT2D eigenvalue weighted by molar-refractivity contribution is 7.26. The number of thiophene rings is 1. The van der Waals surface area contributed by atoms with Crippen LogP contribution in [0.15, 0.2) is 205 Å². The molecule has 0 saturated carbocycles. The van der Waals surface area contributed by atoms with Crippen LogP contribution in [0.2, 0.25) is 0 Å². The first-order valence-corrected chi connectivity index (χ1v) is 21.4. The molecule has 0 bridgehead atoms. The minimum Gasteiger partial charge on any atom is -0.455 e. The number of hydrogen-bond donors (Lipinski definition) is 0. The van der Waals surface area contributed by atoms with Gasteiger partial charge >= 0.3 is 0 Å². The third-order valence-corrected chi connectivity index (χ3v) is 13.9. The van der Waals surface area contributed by atoms with Crippen molar-refractivity contribution in [3.8, 4) is 44.9 Å². The van der Waals surface area contributed by atoms with Gasteiger partial charge in [0.2, 0.25) is 0 Å². The zero-order chi connectivity index (χ0) is 40.1. The van der Waals surface area contributed by atoms with E-state index in [0.29, 0.717) is 5.82 Å². The summed E-state index contributed by atoms with van der Waals surface area (Å²) in [7, 11) is 0. The number of fused-ring (bicyclic) bond motifs is 10.